The molecule has 1 aromatic carbocycles. The first-order chi connectivity index (χ1) is 8.24. The molecule has 0 bridgehead atoms. The minimum atomic E-state index is 0.147. The van der Waals surface area contributed by atoms with E-state index < -0.39 is 0 Å². The molecule has 3 unspecified atom stereocenters. The molecule has 0 aromatic heterocycles. The van der Waals surface area contributed by atoms with E-state index in [9.17, 15) is 4.79 Å². The molecule has 1 saturated carbocycles. The molecule has 0 amide bonds. The first-order valence-electron chi connectivity index (χ1n) is 6.53. The summed E-state index contributed by atoms with van der Waals surface area (Å²) in [5.74, 6) is 1.33. The van der Waals surface area contributed by atoms with E-state index in [-0.39, 0.29) is 11.8 Å². The minimum Gasteiger partial charge on any atom is -0.316 e. The monoisotopic (exact) mass is 231 g/mol. The van der Waals surface area contributed by atoms with Crippen LogP contribution in [0.25, 0.3) is 0 Å². The lowest BCUT2D eigenvalue weighted by atomic mass is 9.99. The Morgan fingerprint density at radius 1 is 1.41 bits per heavy atom. The Morgan fingerprint density at radius 2 is 2.12 bits per heavy atom. The van der Waals surface area contributed by atoms with Gasteiger partial charge in [-0.3, -0.25) is 4.79 Å². The Hall–Kier alpha value is -1.15. The maximum absolute atomic E-state index is 12.2. The Morgan fingerprint density at radius 3 is 2.76 bits per heavy atom. The van der Waals surface area contributed by atoms with Gasteiger partial charge < -0.3 is 5.32 Å². The summed E-state index contributed by atoms with van der Waals surface area (Å²) in [4.78, 5) is 12.2. The van der Waals surface area contributed by atoms with Crippen molar-refractivity contribution in [3.8, 4) is 0 Å². The molecule has 3 atom stereocenters. The fourth-order valence-electron chi connectivity index (χ4n) is 2.40. The molecule has 2 nitrogen and oxygen atoms in total. The third-order valence-electron chi connectivity index (χ3n) is 3.57. The van der Waals surface area contributed by atoms with Crippen molar-refractivity contribution in [1.82, 2.24) is 5.32 Å². The van der Waals surface area contributed by atoms with Gasteiger partial charge in [0.2, 0.25) is 0 Å². The van der Waals surface area contributed by atoms with Gasteiger partial charge in [-0.25, -0.2) is 0 Å². The summed E-state index contributed by atoms with van der Waals surface area (Å²) >= 11 is 0. The number of ketones is 1. The average Bonchev–Trinajstić information content (AvgIpc) is 3.16. The minimum absolute atomic E-state index is 0.147. The fourth-order valence-corrected chi connectivity index (χ4v) is 2.40. The highest BCUT2D eigenvalue weighted by Crippen LogP contribution is 2.48. The first-order valence-corrected chi connectivity index (χ1v) is 6.53. The van der Waals surface area contributed by atoms with Crippen molar-refractivity contribution in [2.45, 2.75) is 26.2 Å². The van der Waals surface area contributed by atoms with Crippen LogP contribution in [0, 0.1) is 11.8 Å². The molecule has 2 heteroatoms. The topological polar surface area (TPSA) is 29.1 Å². The van der Waals surface area contributed by atoms with Crippen molar-refractivity contribution in [2.75, 3.05) is 13.1 Å². The van der Waals surface area contributed by atoms with Crippen molar-refractivity contribution < 1.29 is 4.79 Å². The van der Waals surface area contributed by atoms with Crippen LogP contribution in [0.5, 0.6) is 0 Å². The summed E-state index contributed by atoms with van der Waals surface area (Å²) in [5, 5.41) is 3.25. The standard InChI is InChI=1S/C15H21NO/c1-3-16-10-11(2)15(17)14-9-13(14)12-7-5-4-6-8-12/h4-8,11,13-14,16H,3,9-10H2,1-2H3. The summed E-state index contributed by atoms with van der Waals surface area (Å²) in [6.45, 7) is 5.85. The summed E-state index contributed by atoms with van der Waals surface area (Å²) in [5.41, 5.74) is 1.32. The van der Waals surface area contributed by atoms with Crippen LogP contribution in [0.1, 0.15) is 31.7 Å². The van der Waals surface area contributed by atoms with Crippen LogP contribution in [-0.4, -0.2) is 18.9 Å². The molecule has 0 saturated heterocycles. The number of hydrogen-bond donors (Lipinski definition) is 1. The Kier molecular flexibility index (Phi) is 3.95. The predicted molar refractivity (Wildman–Crippen MR) is 70.0 cm³/mol. The Labute approximate surface area is 103 Å². The second-order valence-corrected chi connectivity index (χ2v) is 4.97. The Bertz CT molecular complexity index is 374. The number of benzene rings is 1. The molecule has 0 heterocycles. The summed E-state index contributed by atoms with van der Waals surface area (Å²) < 4.78 is 0. The van der Waals surface area contributed by atoms with Crippen LogP contribution in [0.15, 0.2) is 30.3 Å². The van der Waals surface area contributed by atoms with Crippen molar-refractivity contribution in [3.63, 3.8) is 0 Å². The molecule has 0 radical (unpaired) electrons. The molecule has 2 rings (SSSR count). The van der Waals surface area contributed by atoms with E-state index in [1.807, 2.05) is 13.0 Å². The molecule has 92 valence electrons. The van der Waals surface area contributed by atoms with Crippen LogP contribution in [0.3, 0.4) is 0 Å². The molecular weight excluding hydrogens is 210 g/mol. The highest BCUT2D eigenvalue weighted by Gasteiger charge is 2.44. The zero-order valence-corrected chi connectivity index (χ0v) is 10.6. The smallest absolute Gasteiger partial charge is 0.140 e. The van der Waals surface area contributed by atoms with Crippen LogP contribution in [-0.2, 0) is 4.79 Å². The maximum atomic E-state index is 12.2. The molecule has 0 aliphatic heterocycles. The molecule has 1 aromatic rings. The summed E-state index contributed by atoms with van der Waals surface area (Å²) in [6, 6.07) is 10.4. The quantitative estimate of drug-likeness (QED) is 0.815. The molecule has 17 heavy (non-hydrogen) atoms. The fraction of sp³-hybridized carbons (Fsp3) is 0.533. The molecule has 1 aliphatic carbocycles. The van der Waals surface area contributed by atoms with Crippen molar-refractivity contribution >= 4 is 5.78 Å². The average molecular weight is 231 g/mol. The van der Waals surface area contributed by atoms with Gasteiger partial charge in [-0.1, -0.05) is 44.2 Å². The molecule has 0 spiro atoms. The molecule has 1 aliphatic rings. The van der Waals surface area contributed by atoms with Gasteiger partial charge in [-0.05, 0) is 24.4 Å². The largest absolute Gasteiger partial charge is 0.316 e. The van der Waals surface area contributed by atoms with Crippen molar-refractivity contribution in [3.05, 3.63) is 35.9 Å². The van der Waals surface area contributed by atoms with E-state index in [0.29, 0.717) is 11.7 Å². The third-order valence-corrected chi connectivity index (χ3v) is 3.57. The highest BCUT2D eigenvalue weighted by molar-refractivity contribution is 5.87. The SMILES string of the molecule is CCNCC(C)C(=O)C1CC1c1ccccc1. The lowest BCUT2D eigenvalue weighted by molar-refractivity contribution is -0.123. The van der Waals surface area contributed by atoms with Gasteiger partial charge in [0.05, 0.1) is 0 Å². The van der Waals surface area contributed by atoms with Crippen LogP contribution in [0.4, 0.5) is 0 Å². The van der Waals surface area contributed by atoms with Gasteiger partial charge in [0.15, 0.2) is 0 Å². The molecule has 1 N–H and O–H groups in total. The van der Waals surface area contributed by atoms with Gasteiger partial charge >= 0.3 is 0 Å². The van der Waals surface area contributed by atoms with Gasteiger partial charge in [-0.2, -0.15) is 0 Å². The third kappa shape index (κ3) is 2.95. The second-order valence-electron chi connectivity index (χ2n) is 4.97. The number of carbonyl (C=O) groups excluding carboxylic acids is 1. The predicted octanol–water partition coefficient (Wildman–Crippen LogP) is 2.60. The zero-order valence-electron chi connectivity index (χ0n) is 10.6. The second kappa shape index (κ2) is 5.46. The highest BCUT2D eigenvalue weighted by atomic mass is 16.1. The van der Waals surface area contributed by atoms with Crippen molar-refractivity contribution in [2.24, 2.45) is 11.8 Å². The molecule has 1 fully saturated rings. The number of Topliss-reactive ketones (excluding diaryl/α,β-unsaturated/α-hetero) is 1. The van der Waals surface area contributed by atoms with E-state index in [1.165, 1.54) is 5.56 Å². The van der Waals surface area contributed by atoms with E-state index in [1.54, 1.807) is 0 Å². The van der Waals surface area contributed by atoms with Gasteiger partial charge in [-0.15, -0.1) is 0 Å². The lowest BCUT2D eigenvalue weighted by Crippen LogP contribution is -2.27. The van der Waals surface area contributed by atoms with Crippen LogP contribution >= 0.6 is 0 Å². The Balaban J connectivity index is 1.88. The maximum Gasteiger partial charge on any atom is 0.140 e. The van der Waals surface area contributed by atoms with E-state index in [2.05, 4.69) is 36.5 Å². The van der Waals surface area contributed by atoms with Crippen LogP contribution in [0.2, 0.25) is 0 Å². The lowest BCUT2D eigenvalue weighted by Gasteiger charge is -2.10. The van der Waals surface area contributed by atoms with Gasteiger partial charge in [0.1, 0.15) is 5.78 Å². The number of carbonyl (C=O) groups is 1. The number of hydrogen-bond acceptors (Lipinski definition) is 2. The van der Waals surface area contributed by atoms with E-state index in [4.69, 9.17) is 0 Å². The summed E-state index contributed by atoms with van der Waals surface area (Å²) in [7, 11) is 0. The van der Waals surface area contributed by atoms with Gasteiger partial charge in [0, 0.05) is 18.4 Å². The van der Waals surface area contributed by atoms with Crippen LogP contribution < -0.4 is 5.32 Å². The summed E-state index contributed by atoms with van der Waals surface area (Å²) in [6.07, 6.45) is 1.04. The van der Waals surface area contributed by atoms with Crippen molar-refractivity contribution in [1.29, 1.82) is 0 Å². The number of rotatable bonds is 6. The van der Waals surface area contributed by atoms with Gasteiger partial charge in [0.25, 0.3) is 0 Å². The zero-order chi connectivity index (χ0) is 12.3. The normalized spacial score (nSPS) is 24.4. The van der Waals surface area contributed by atoms with E-state index >= 15 is 0 Å². The molecular formula is C15H21NO. The van der Waals surface area contributed by atoms with E-state index in [0.717, 1.165) is 19.5 Å². The number of nitrogens with one attached hydrogen (secondary N) is 1. The first kappa shape index (κ1) is 12.3.